The molecule has 1 aromatic rings. The van der Waals surface area contributed by atoms with E-state index in [1.807, 2.05) is 12.3 Å². The van der Waals surface area contributed by atoms with Crippen LogP contribution in [-0.2, 0) is 9.84 Å². The third kappa shape index (κ3) is 4.08. The summed E-state index contributed by atoms with van der Waals surface area (Å²) in [5.74, 6) is 0.122. The van der Waals surface area contributed by atoms with Crippen LogP contribution in [0.2, 0.25) is 5.02 Å². The van der Waals surface area contributed by atoms with E-state index in [-0.39, 0.29) is 23.7 Å². The summed E-state index contributed by atoms with van der Waals surface area (Å²) >= 11 is 7.29. The first kappa shape index (κ1) is 14.7. The molecule has 96 valence electrons. The van der Waals surface area contributed by atoms with E-state index >= 15 is 0 Å². The number of thiophene rings is 1. The summed E-state index contributed by atoms with van der Waals surface area (Å²) in [7, 11) is -2.98. The molecule has 0 bridgehead atoms. The molecule has 0 N–H and O–H groups in total. The Morgan fingerprint density at radius 3 is 2.59 bits per heavy atom. The second kappa shape index (κ2) is 5.98. The number of ketones is 1. The van der Waals surface area contributed by atoms with Gasteiger partial charge in [-0.25, -0.2) is 8.42 Å². The molecular formula is C11H15ClO3S2. The average Bonchev–Trinajstić information content (AvgIpc) is 2.59. The van der Waals surface area contributed by atoms with E-state index in [4.69, 9.17) is 11.6 Å². The maximum Gasteiger partial charge on any atom is 0.174 e. The summed E-state index contributed by atoms with van der Waals surface area (Å²) in [6.45, 7) is 3.45. The SMILES string of the molecule is CCS(=O)(=O)CCCC(=O)c1scc(C)c1Cl. The summed E-state index contributed by atoms with van der Waals surface area (Å²) in [6, 6.07) is 0. The van der Waals surface area contributed by atoms with Gasteiger partial charge in [0.15, 0.2) is 5.78 Å². The molecule has 0 aliphatic carbocycles. The molecule has 0 unspecified atom stereocenters. The number of halogens is 1. The van der Waals surface area contributed by atoms with Gasteiger partial charge in [0.05, 0.1) is 15.7 Å². The van der Waals surface area contributed by atoms with E-state index < -0.39 is 9.84 Å². The molecular weight excluding hydrogens is 280 g/mol. The Balaban J connectivity index is 2.54. The van der Waals surface area contributed by atoms with Gasteiger partial charge in [0.1, 0.15) is 9.84 Å². The zero-order valence-electron chi connectivity index (χ0n) is 9.82. The van der Waals surface area contributed by atoms with Crippen molar-refractivity contribution in [3.05, 3.63) is 20.8 Å². The predicted octanol–water partition coefficient (Wildman–Crippen LogP) is 3.11. The maximum atomic E-state index is 11.8. The van der Waals surface area contributed by atoms with Crippen molar-refractivity contribution in [2.75, 3.05) is 11.5 Å². The lowest BCUT2D eigenvalue weighted by Gasteiger charge is -2.01. The molecule has 0 saturated carbocycles. The van der Waals surface area contributed by atoms with Gasteiger partial charge >= 0.3 is 0 Å². The molecule has 0 atom stereocenters. The third-order valence-electron chi connectivity index (χ3n) is 2.45. The quantitative estimate of drug-likeness (QED) is 0.758. The van der Waals surface area contributed by atoms with Crippen LogP contribution in [0.4, 0.5) is 0 Å². The lowest BCUT2D eigenvalue weighted by atomic mass is 10.2. The predicted molar refractivity (Wildman–Crippen MR) is 72.0 cm³/mol. The van der Waals surface area contributed by atoms with Crippen LogP contribution in [0, 0.1) is 6.92 Å². The highest BCUT2D eigenvalue weighted by molar-refractivity contribution is 7.91. The van der Waals surface area contributed by atoms with Gasteiger partial charge in [-0.2, -0.15) is 0 Å². The molecule has 0 amide bonds. The van der Waals surface area contributed by atoms with Crippen LogP contribution in [0.25, 0.3) is 0 Å². The van der Waals surface area contributed by atoms with Crippen molar-refractivity contribution in [3.63, 3.8) is 0 Å². The highest BCUT2D eigenvalue weighted by atomic mass is 35.5. The Morgan fingerprint density at radius 2 is 2.12 bits per heavy atom. The number of aryl methyl sites for hydroxylation is 1. The molecule has 0 fully saturated rings. The molecule has 17 heavy (non-hydrogen) atoms. The fraction of sp³-hybridized carbons (Fsp3) is 0.545. The number of Topliss-reactive ketones (excluding diaryl/α,β-unsaturated/α-hetero) is 1. The van der Waals surface area contributed by atoms with Crippen LogP contribution in [0.5, 0.6) is 0 Å². The van der Waals surface area contributed by atoms with Crippen molar-refractivity contribution in [2.24, 2.45) is 0 Å². The van der Waals surface area contributed by atoms with Crippen molar-refractivity contribution in [3.8, 4) is 0 Å². The summed E-state index contributed by atoms with van der Waals surface area (Å²) in [6.07, 6.45) is 0.598. The van der Waals surface area contributed by atoms with Gasteiger partial charge in [-0.15, -0.1) is 11.3 Å². The van der Waals surface area contributed by atoms with Crippen molar-refractivity contribution in [2.45, 2.75) is 26.7 Å². The smallest absolute Gasteiger partial charge is 0.174 e. The number of carbonyl (C=O) groups is 1. The molecule has 0 saturated heterocycles. The lowest BCUT2D eigenvalue weighted by molar-refractivity contribution is 0.0986. The van der Waals surface area contributed by atoms with Crippen molar-refractivity contribution in [1.29, 1.82) is 0 Å². The summed E-state index contributed by atoms with van der Waals surface area (Å²) in [5.41, 5.74) is 0.890. The molecule has 0 radical (unpaired) electrons. The Hall–Kier alpha value is -0.390. The maximum absolute atomic E-state index is 11.8. The standard InChI is InChI=1S/C11H15ClO3S2/c1-3-17(14,15)6-4-5-9(13)11-10(12)8(2)7-16-11/h7H,3-6H2,1-2H3. The van der Waals surface area contributed by atoms with Crippen LogP contribution in [-0.4, -0.2) is 25.7 Å². The van der Waals surface area contributed by atoms with Crippen molar-refractivity contribution >= 4 is 38.6 Å². The largest absolute Gasteiger partial charge is 0.293 e. The van der Waals surface area contributed by atoms with Crippen molar-refractivity contribution < 1.29 is 13.2 Å². The van der Waals surface area contributed by atoms with Crippen LogP contribution < -0.4 is 0 Å². The third-order valence-corrected chi connectivity index (χ3v) is 5.98. The first-order valence-electron chi connectivity index (χ1n) is 5.34. The van der Waals surface area contributed by atoms with Crippen LogP contribution >= 0.6 is 22.9 Å². The van der Waals surface area contributed by atoms with Crippen LogP contribution in [0.1, 0.15) is 35.0 Å². The number of carbonyl (C=O) groups excluding carboxylic acids is 1. The van der Waals surface area contributed by atoms with E-state index in [1.165, 1.54) is 11.3 Å². The highest BCUT2D eigenvalue weighted by Gasteiger charge is 2.15. The molecule has 0 aliphatic rings. The van der Waals surface area contributed by atoms with E-state index in [0.717, 1.165) is 5.56 Å². The Morgan fingerprint density at radius 1 is 1.47 bits per heavy atom. The first-order valence-corrected chi connectivity index (χ1v) is 8.42. The van der Waals surface area contributed by atoms with Gasteiger partial charge in [0, 0.05) is 12.2 Å². The molecule has 0 aliphatic heterocycles. The van der Waals surface area contributed by atoms with Gasteiger partial charge in [0.2, 0.25) is 0 Å². The van der Waals surface area contributed by atoms with Gasteiger partial charge < -0.3 is 0 Å². The van der Waals surface area contributed by atoms with Crippen molar-refractivity contribution in [1.82, 2.24) is 0 Å². The Bertz CT molecular complexity index is 503. The number of rotatable bonds is 6. The number of hydrogen-bond donors (Lipinski definition) is 0. The van der Waals surface area contributed by atoms with E-state index in [1.54, 1.807) is 6.92 Å². The molecule has 1 heterocycles. The van der Waals surface area contributed by atoms with E-state index in [9.17, 15) is 13.2 Å². The summed E-state index contributed by atoms with van der Waals surface area (Å²) < 4.78 is 22.5. The average molecular weight is 295 g/mol. The number of hydrogen-bond acceptors (Lipinski definition) is 4. The van der Waals surface area contributed by atoms with Gasteiger partial charge in [0.25, 0.3) is 0 Å². The monoisotopic (exact) mass is 294 g/mol. The fourth-order valence-corrected chi connectivity index (χ4v) is 3.47. The summed E-state index contributed by atoms with van der Waals surface area (Å²) in [4.78, 5) is 12.3. The minimum Gasteiger partial charge on any atom is -0.293 e. The normalized spacial score (nSPS) is 11.7. The van der Waals surface area contributed by atoms with Crippen LogP contribution in [0.3, 0.4) is 0 Å². The Kier molecular flexibility index (Phi) is 5.16. The van der Waals surface area contributed by atoms with Gasteiger partial charge in [-0.05, 0) is 24.3 Å². The lowest BCUT2D eigenvalue weighted by Crippen LogP contribution is -2.10. The molecule has 0 spiro atoms. The molecule has 1 aromatic heterocycles. The fourth-order valence-electron chi connectivity index (χ4n) is 1.33. The zero-order chi connectivity index (χ0) is 13.1. The minimum atomic E-state index is -2.98. The minimum absolute atomic E-state index is 0.0667. The second-order valence-electron chi connectivity index (χ2n) is 3.82. The van der Waals surface area contributed by atoms with Gasteiger partial charge in [-0.1, -0.05) is 18.5 Å². The molecule has 1 rings (SSSR count). The molecule has 3 nitrogen and oxygen atoms in total. The van der Waals surface area contributed by atoms with Crippen LogP contribution in [0.15, 0.2) is 5.38 Å². The molecule has 6 heteroatoms. The Labute approximate surface area is 111 Å². The summed E-state index contributed by atoms with van der Waals surface area (Å²) in [5, 5.41) is 2.33. The number of sulfone groups is 1. The highest BCUT2D eigenvalue weighted by Crippen LogP contribution is 2.28. The second-order valence-corrected chi connectivity index (χ2v) is 7.56. The molecule has 0 aromatic carbocycles. The van der Waals surface area contributed by atoms with E-state index in [2.05, 4.69) is 0 Å². The first-order chi connectivity index (χ1) is 7.87. The van der Waals surface area contributed by atoms with Gasteiger partial charge in [-0.3, -0.25) is 4.79 Å². The van der Waals surface area contributed by atoms with E-state index in [0.29, 0.717) is 16.3 Å². The zero-order valence-corrected chi connectivity index (χ0v) is 12.2. The topological polar surface area (TPSA) is 51.2 Å².